The van der Waals surface area contributed by atoms with Gasteiger partial charge in [0.15, 0.2) is 0 Å². The van der Waals surface area contributed by atoms with Crippen molar-refractivity contribution >= 4 is 56.4 Å². The molecule has 0 radical (unpaired) electrons. The first kappa shape index (κ1) is 32.8. The quantitative estimate of drug-likeness (QED) is 0.217. The van der Waals surface area contributed by atoms with Crippen molar-refractivity contribution in [2.45, 2.75) is 45.8 Å². The van der Waals surface area contributed by atoms with Gasteiger partial charge in [-0.1, -0.05) is 65.7 Å². The molecule has 0 unspecified atom stereocenters. The molecular formula is C29H32Cl2N4O6S. The largest absolute Gasteiger partial charge is 0.352 e. The van der Waals surface area contributed by atoms with Gasteiger partial charge in [-0.15, -0.1) is 0 Å². The average Bonchev–Trinajstić information content (AvgIpc) is 2.90. The van der Waals surface area contributed by atoms with Crippen LogP contribution in [-0.2, 0) is 32.6 Å². The molecule has 3 aromatic carbocycles. The fourth-order valence-electron chi connectivity index (χ4n) is 4.34. The maximum Gasteiger partial charge on any atom is 0.271 e. The molecule has 10 nitrogen and oxygen atoms in total. The van der Waals surface area contributed by atoms with Gasteiger partial charge in [0.1, 0.15) is 12.6 Å². The van der Waals surface area contributed by atoms with Crippen LogP contribution in [0.5, 0.6) is 0 Å². The van der Waals surface area contributed by atoms with Crippen LogP contribution in [0.3, 0.4) is 0 Å². The Morgan fingerprint density at radius 3 is 2.26 bits per heavy atom. The third-order valence-electron chi connectivity index (χ3n) is 6.41. The number of halogens is 2. The lowest BCUT2D eigenvalue weighted by molar-refractivity contribution is -0.384. The number of nitrogens with zero attached hydrogens (tertiary/aromatic N) is 3. The van der Waals surface area contributed by atoms with Crippen molar-refractivity contribution in [3.05, 3.63) is 104 Å². The topological polar surface area (TPSA) is 130 Å². The minimum Gasteiger partial charge on any atom is -0.352 e. The third-order valence-corrected chi connectivity index (χ3v) is 8.12. The Morgan fingerprint density at radius 2 is 1.69 bits per heavy atom. The van der Waals surface area contributed by atoms with Crippen LogP contribution >= 0.6 is 23.2 Å². The minimum atomic E-state index is -4.10. The van der Waals surface area contributed by atoms with Gasteiger partial charge in [0.05, 0.1) is 16.9 Å². The number of anilines is 1. The normalized spacial score (nSPS) is 12.1. The molecule has 0 aromatic heterocycles. The van der Waals surface area contributed by atoms with Crippen LogP contribution in [0.15, 0.2) is 66.7 Å². The number of nitro groups is 1. The number of hydrogen-bond acceptors (Lipinski definition) is 6. The molecule has 1 atom stereocenters. The van der Waals surface area contributed by atoms with E-state index in [-0.39, 0.29) is 35.4 Å². The molecule has 0 fully saturated rings. The van der Waals surface area contributed by atoms with Gasteiger partial charge in [-0.05, 0) is 49.6 Å². The number of nitro benzene ring substituents is 1. The molecule has 3 rings (SSSR count). The summed E-state index contributed by atoms with van der Waals surface area (Å²) < 4.78 is 26.8. The summed E-state index contributed by atoms with van der Waals surface area (Å²) in [5.41, 5.74) is 1.32. The zero-order valence-corrected chi connectivity index (χ0v) is 25.9. The number of hydrogen-bond donors (Lipinski definition) is 1. The number of rotatable bonds is 12. The summed E-state index contributed by atoms with van der Waals surface area (Å²) in [5, 5.41) is 14.9. The van der Waals surface area contributed by atoms with E-state index in [4.69, 9.17) is 23.2 Å². The van der Waals surface area contributed by atoms with Gasteiger partial charge in [0.2, 0.25) is 21.8 Å². The highest BCUT2D eigenvalue weighted by Gasteiger charge is 2.34. The Kier molecular flexibility index (Phi) is 10.9. The summed E-state index contributed by atoms with van der Waals surface area (Å²) >= 11 is 12.5. The van der Waals surface area contributed by atoms with Gasteiger partial charge in [0, 0.05) is 41.2 Å². The lowest BCUT2D eigenvalue weighted by Gasteiger charge is -2.34. The Labute approximate surface area is 255 Å². The van der Waals surface area contributed by atoms with Crippen LogP contribution in [-0.4, -0.2) is 54.9 Å². The van der Waals surface area contributed by atoms with Crippen molar-refractivity contribution in [1.29, 1.82) is 0 Å². The average molecular weight is 636 g/mol. The molecule has 224 valence electrons. The van der Waals surface area contributed by atoms with Crippen LogP contribution in [0.4, 0.5) is 11.4 Å². The van der Waals surface area contributed by atoms with Gasteiger partial charge in [0.25, 0.3) is 5.69 Å². The number of nitrogens with one attached hydrogen (secondary N) is 1. The fraction of sp³-hybridized carbons (Fsp3) is 0.310. The molecule has 0 bridgehead atoms. The number of non-ortho nitro benzene ring substituents is 1. The van der Waals surface area contributed by atoms with Crippen molar-refractivity contribution in [2.24, 2.45) is 0 Å². The molecule has 0 saturated carbocycles. The number of carbonyl (C=O) groups is 2. The zero-order valence-electron chi connectivity index (χ0n) is 23.6. The van der Waals surface area contributed by atoms with Crippen LogP contribution in [0.2, 0.25) is 10.0 Å². The van der Waals surface area contributed by atoms with Crippen molar-refractivity contribution < 1.29 is 22.9 Å². The highest BCUT2D eigenvalue weighted by atomic mass is 35.5. The number of sulfonamides is 1. The van der Waals surface area contributed by atoms with E-state index in [0.717, 1.165) is 22.2 Å². The van der Waals surface area contributed by atoms with E-state index in [1.54, 1.807) is 32.9 Å². The predicted molar refractivity (Wildman–Crippen MR) is 164 cm³/mol. The molecule has 2 amide bonds. The highest BCUT2D eigenvalue weighted by molar-refractivity contribution is 7.92. The van der Waals surface area contributed by atoms with Crippen molar-refractivity contribution in [3.8, 4) is 0 Å². The van der Waals surface area contributed by atoms with Crippen LogP contribution in [0.25, 0.3) is 0 Å². The van der Waals surface area contributed by atoms with E-state index in [1.807, 2.05) is 30.3 Å². The van der Waals surface area contributed by atoms with Crippen molar-refractivity contribution in [3.63, 3.8) is 0 Å². The standard InChI is InChI=1S/C29H32Cl2N4O6S/c1-19(2)32-29(37)27(14-21-8-6-5-7-9-21)33(17-22-11-12-23(30)15-25(22)31)28(36)18-34(42(4,40)41)26-16-24(35(38)39)13-10-20(26)3/h5-13,15-16,19,27H,14,17-18H2,1-4H3,(H,32,37)/t27-/m0/s1. The minimum absolute atomic E-state index is 0.0178. The molecule has 13 heteroatoms. The van der Waals surface area contributed by atoms with E-state index in [1.165, 1.54) is 23.1 Å². The lowest BCUT2D eigenvalue weighted by Crippen LogP contribution is -2.54. The lowest BCUT2D eigenvalue weighted by atomic mass is 10.0. The maximum absolute atomic E-state index is 14.1. The van der Waals surface area contributed by atoms with E-state index >= 15 is 0 Å². The summed E-state index contributed by atoms with van der Waals surface area (Å²) in [5.74, 6) is -1.15. The Hall–Kier alpha value is -3.67. The van der Waals surface area contributed by atoms with E-state index < -0.39 is 39.3 Å². The smallest absolute Gasteiger partial charge is 0.271 e. The van der Waals surface area contributed by atoms with Crippen LogP contribution in [0.1, 0.15) is 30.5 Å². The summed E-state index contributed by atoms with van der Waals surface area (Å²) in [6.07, 6.45) is 1.04. The first-order valence-electron chi connectivity index (χ1n) is 13.0. The fourth-order valence-corrected chi connectivity index (χ4v) is 5.71. The summed E-state index contributed by atoms with van der Waals surface area (Å²) in [4.78, 5) is 39.8. The Morgan fingerprint density at radius 1 is 1.02 bits per heavy atom. The van der Waals surface area contributed by atoms with Crippen molar-refractivity contribution in [2.75, 3.05) is 17.1 Å². The SMILES string of the molecule is Cc1ccc([N+](=O)[O-])cc1N(CC(=O)N(Cc1ccc(Cl)cc1Cl)[C@@H](Cc1ccccc1)C(=O)NC(C)C)S(C)(=O)=O. The summed E-state index contributed by atoms with van der Waals surface area (Å²) in [7, 11) is -4.10. The van der Waals surface area contributed by atoms with Gasteiger partial charge >= 0.3 is 0 Å². The molecule has 0 heterocycles. The van der Waals surface area contributed by atoms with Crippen LogP contribution < -0.4 is 9.62 Å². The molecule has 0 aliphatic carbocycles. The van der Waals surface area contributed by atoms with Gasteiger partial charge in [-0.2, -0.15) is 0 Å². The number of benzene rings is 3. The second-order valence-electron chi connectivity index (χ2n) is 10.1. The van der Waals surface area contributed by atoms with E-state index in [9.17, 15) is 28.1 Å². The molecule has 0 aliphatic rings. The monoisotopic (exact) mass is 634 g/mol. The van der Waals surface area contributed by atoms with Gasteiger partial charge in [-0.3, -0.25) is 24.0 Å². The summed E-state index contributed by atoms with van der Waals surface area (Å²) in [6.45, 7) is 4.31. The summed E-state index contributed by atoms with van der Waals surface area (Å²) in [6, 6.07) is 16.3. The first-order chi connectivity index (χ1) is 19.7. The molecular weight excluding hydrogens is 603 g/mol. The molecule has 0 aliphatic heterocycles. The maximum atomic E-state index is 14.1. The van der Waals surface area contributed by atoms with Gasteiger partial charge < -0.3 is 10.2 Å². The molecule has 0 spiro atoms. The van der Waals surface area contributed by atoms with E-state index in [2.05, 4.69) is 5.32 Å². The first-order valence-corrected chi connectivity index (χ1v) is 15.6. The third kappa shape index (κ3) is 8.67. The van der Waals surface area contributed by atoms with Crippen LogP contribution in [0, 0.1) is 17.0 Å². The number of carbonyl (C=O) groups excluding carboxylic acids is 2. The molecule has 3 aromatic rings. The Bertz CT molecular complexity index is 1570. The second-order valence-corrected chi connectivity index (χ2v) is 12.9. The second kappa shape index (κ2) is 14.0. The van der Waals surface area contributed by atoms with Gasteiger partial charge in [-0.25, -0.2) is 8.42 Å². The predicted octanol–water partition coefficient (Wildman–Crippen LogP) is 5.14. The highest BCUT2D eigenvalue weighted by Crippen LogP contribution is 2.29. The molecule has 0 saturated heterocycles. The van der Waals surface area contributed by atoms with E-state index in [0.29, 0.717) is 16.1 Å². The molecule has 1 N–H and O–H groups in total. The Balaban J connectivity index is 2.13. The molecule has 42 heavy (non-hydrogen) atoms. The van der Waals surface area contributed by atoms with Crippen molar-refractivity contribution in [1.82, 2.24) is 10.2 Å². The number of aryl methyl sites for hydroxylation is 1. The number of amides is 2. The zero-order chi connectivity index (χ0) is 31.2.